The number of nitrogens with one attached hydrogen (secondary N) is 2. The van der Waals surface area contributed by atoms with Crippen LogP contribution >= 0.6 is 34.5 Å². The van der Waals surface area contributed by atoms with Crippen molar-refractivity contribution in [2.45, 2.75) is 44.9 Å². The minimum atomic E-state index is -1.03. The summed E-state index contributed by atoms with van der Waals surface area (Å²) in [5.74, 6) is -0.319. The molecule has 2 atom stereocenters. The van der Waals surface area contributed by atoms with Gasteiger partial charge < -0.3 is 25.0 Å². The minimum absolute atomic E-state index is 0.186. The van der Waals surface area contributed by atoms with E-state index in [9.17, 15) is 9.90 Å². The summed E-state index contributed by atoms with van der Waals surface area (Å²) < 4.78 is 5.61. The van der Waals surface area contributed by atoms with E-state index in [1.807, 2.05) is 4.90 Å². The Kier molecular flexibility index (Phi) is 6.21. The molecule has 3 heterocycles. The van der Waals surface area contributed by atoms with Gasteiger partial charge in [-0.25, -0.2) is 0 Å². The number of piperidine rings is 1. The van der Waals surface area contributed by atoms with Crippen LogP contribution in [0.3, 0.4) is 0 Å². The highest BCUT2D eigenvalue weighted by atomic mass is 35.5. The van der Waals surface area contributed by atoms with Gasteiger partial charge in [0, 0.05) is 25.9 Å². The number of carbonyl (C=O) groups is 1. The van der Waals surface area contributed by atoms with Gasteiger partial charge in [0.25, 0.3) is 5.91 Å². The molecule has 0 unspecified atom stereocenters. The Balaban J connectivity index is 1.68. The Bertz CT molecular complexity index is 864. The van der Waals surface area contributed by atoms with E-state index >= 15 is 0 Å². The number of anilines is 1. The Morgan fingerprint density at radius 1 is 1.39 bits per heavy atom. The van der Waals surface area contributed by atoms with Crippen molar-refractivity contribution in [2.24, 2.45) is 0 Å². The van der Waals surface area contributed by atoms with Crippen LogP contribution in [0.5, 0.6) is 0 Å². The zero-order valence-electron chi connectivity index (χ0n) is 16.0. The van der Waals surface area contributed by atoms with Crippen LogP contribution in [0.25, 0.3) is 0 Å². The highest BCUT2D eigenvalue weighted by molar-refractivity contribution is 7.15. The number of carbonyl (C=O) groups excluding carboxylic acids is 1. The molecular formula is C17H23Cl2N5O3S. The number of aryl methyl sites for hydroxylation is 1. The van der Waals surface area contributed by atoms with Crippen molar-refractivity contribution in [3.63, 3.8) is 0 Å². The maximum absolute atomic E-state index is 12.6. The summed E-state index contributed by atoms with van der Waals surface area (Å²) in [4.78, 5) is 17.6. The number of hydrogen-bond acceptors (Lipinski definition) is 7. The molecule has 0 spiro atoms. The highest BCUT2D eigenvalue weighted by Gasteiger charge is 2.33. The first-order valence-electron chi connectivity index (χ1n) is 8.80. The molecule has 1 saturated heterocycles. The molecule has 0 aromatic carbocycles. The summed E-state index contributed by atoms with van der Waals surface area (Å²) in [7, 11) is 1.61. The second kappa shape index (κ2) is 8.16. The van der Waals surface area contributed by atoms with Gasteiger partial charge in [0.05, 0.1) is 22.2 Å². The van der Waals surface area contributed by atoms with Gasteiger partial charge in [-0.2, -0.15) is 0 Å². The first-order valence-corrected chi connectivity index (χ1v) is 10.4. The molecule has 28 heavy (non-hydrogen) atoms. The van der Waals surface area contributed by atoms with Gasteiger partial charge in [-0.3, -0.25) is 4.79 Å². The first-order chi connectivity index (χ1) is 13.1. The fourth-order valence-electron chi connectivity index (χ4n) is 3.05. The number of halogens is 2. The molecule has 11 heteroatoms. The van der Waals surface area contributed by atoms with Crippen LogP contribution in [0.4, 0.5) is 5.13 Å². The minimum Gasteiger partial charge on any atom is -0.383 e. The molecule has 3 rings (SSSR count). The SMILES string of the molecule is CO[C@H]1CN(c2nnc(C(C)(C)O)s2)CC[C@H]1NC(=O)c1[nH]c(C)c(Cl)c1Cl. The van der Waals surface area contributed by atoms with Crippen LogP contribution in [0.1, 0.15) is 41.5 Å². The Morgan fingerprint density at radius 3 is 2.64 bits per heavy atom. The molecule has 1 aliphatic rings. The summed E-state index contributed by atoms with van der Waals surface area (Å²) >= 11 is 13.6. The fourth-order valence-corrected chi connectivity index (χ4v) is 4.35. The number of aliphatic hydroxyl groups is 1. The topological polar surface area (TPSA) is 103 Å². The zero-order chi connectivity index (χ0) is 20.6. The third-order valence-corrected chi connectivity index (χ3v) is 6.91. The number of hydrogen-bond donors (Lipinski definition) is 3. The van der Waals surface area contributed by atoms with E-state index < -0.39 is 5.60 Å². The van der Waals surface area contributed by atoms with Gasteiger partial charge >= 0.3 is 0 Å². The summed E-state index contributed by atoms with van der Waals surface area (Å²) in [5.41, 5.74) is -0.133. The number of H-pyrrole nitrogens is 1. The van der Waals surface area contributed by atoms with Crippen molar-refractivity contribution < 1.29 is 14.6 Å². The van der Waals surface area contributed by atoms with E-state index in [2.05, 4.69) is 20.5 Å². The third-order valence-electron chi connectivity index (χ3n) is 4.67. The number of ether oxygens (including phenoxy) is 1. The second-order valence-corrected chi connectivity index (χ2v) is 9.00. The molecule has 1 aliphatic heterocycles. The Morgan fingerprint density at radius 2 is 2.11 bits per heavy atom. The van der Waals surface area contributed by atoms with Gasteiger partial charge in [0.2, 0.25) is 5.13 Å². The van der Waals surface area contributed by atoms with Crippen molar-refractivity contribution in [2.75, 3.05) is 25.1 Å². The molecule has 1 fully saturated rings. The first kappa shape index (κ1) is 21.3. The van der Waals surface area contributed by atoms with Crippen molar-refractivity contribution in [1.82, 2.24) is 20.5 Å². The zero-order valence-corrected chi connectivity index (χ0v) is 18.4. The molecule has 0 bridgehead atoms. The van der Waals surface area contributed by atoms with Gasteiger partial charge in [0.1, 0.15) is 16.3 Å². The van der Waals surface area contributed by atoms with Crippen LogP contribution < -0.4 is 10.2 Å². The molecule has 2 aromatic heterocycles. The number of amides is 1. The summed E-state index contributed by atoms with van der Waals surface area (Å²) in [5, 5.41) is 23.2. The van der Waals surface area contributed by atoms with Crippen LogP contribution in [0, 0.1) is 6.92 Å². The molecule has 8 nitrogen and oxygen atoms in total. The van der Waals surface area contributed by atoms with Crippen LogP contribution in [0.15, 0.2) is 0 Å². The molecule has 0 aliphatic carbocycles. The lowest BCUT2D eigenvalue weighted by Gasteiger charge is -2.37. The number of aromatic amines is 1. The third kappa shape index (κ3) is 4.28. The molecular weight excluding hydrogens is 425 g/mol. The Hall–Kier alpha value is -1.39. The van der Waals surface area contributed by atoms with E-state index in [0.29, 0.717) is 35.2 Å². The lowest BCUT2D eigenvalue weighted by Crippen LogP contribution is -2.55. The van der Waals surface area contributed by atoms with Crippen LogP contribution in [0.2, 0.25) is 10.0 Å². The Labute approximate surface area is 177 Å². The van der Waals surface area contributed by atoms with Gasteiger partial charge in [-0.15, -0.1) is 10.2 Å². The van der Waals surface area contributed by atoms with Crippen LogP contribution in [-0.4, -0.2) is 58.5 Å². The number of nitrogens with zero attached hydrogens (tertiary/aromatic N) is 3. The summed E-state index contributed by atoms with van der Waals surface area (Å²) in [6, 6.07) is -0.186. The van der Waals surface area contributed by atoms with E-state index in [-0.39, 0.29) is 28.8 Å². The van der Waals surface area contributed by atoms with E-state index in [4.69, 9.17) is 27.9 Å². The number of aromatic nitrogens is 3. The average Bonchev–Trinajstić information content (AvgIpc) is 3.23. The van der Waals surface area contributed by atoms with E-state index in [1.165, 1.54) is 11.3 Å². The smallest absolute Gasteiger partial charge is 0.269 e. The number of methoxy groups -OCH3 is 1. The van der Waals surface area contributed by atoms with Gasteiger partial charge in [-0.05, 0) is 27.2 Å². The van der Waals surface area contributed by atoms with Crippen LogP contribution in [-0.2, 0) is 10.3 Å². The molecule has 2 aromatic rings. The molecule has 0 saturated carbocycles. The van der Waals surface area contributed by atoms with Crippen molar-refractivity contribution in [1.29, 1.82) is 0 Å². The summed E-state index contributed by atoms with van der Waals surface area (Å²) in [6.07, 6.45) is 0.421. The molecule has 154 valence electrons. The lowest BCUT2D eigenvalue weighted by atomic mass is 10.0. The molecule has 1 amide bonds. The van der Waals surface area contributed by atoms with E-state index in [0.717, 1.165) is 5.13 Å². The summed E-state index contributed by atoms with van der Waals surface area (Å²) in [6.45, 7) is 6.32. The van der Waals surface area contributed by atoms with Crippen molar-refractivity contribution in [3.8, 4) is 0 Å². The lowest BCUT2D eigenvalue weighted by molar-refractivity contribution is 0.0540. The monoisotopic (exact) mass is 447 g/mol. The predicted molar refractivity (Wildman–Crippen MR) is 110 cm³/mol. The fraction of sp³-hybridized carbons (Fsp3) is 0.588. The number of rotatable bonds is 5. The average molecular weight is 448 g/mol. The van der Waals surface area contributed by atoms with E-state index in [1.54, 1.807) is 27.9 Å². The van der Waals surface area contributed by atoms with Crippen molar-refractivity contribution in [3.05, 3.63) is 26.4 Å². The maximum atomic E-state index is 12.6. The van der Waals surface area contributed by atoms with Crippen molar-refractivity contribution >= 4 is 45.6 Å². The highest BCUT2D eigenvalue weighted by Crippen LogP contribution is 2.31. The quantitative estimate of drug-likeness (QED) is 0.650. The standard InChI is InChI=1S/C17H23Cl2N5O3S/c1-8-11(18)12(19)13(20-8)14(25)21-9-5-6-24(7-10(9)27-4)16-23-22-15(28-16)17(2,3)26/h9-10,20,26H,5-7H2,1-4H3,(H,21,25)/t9-,10+/m1/s1. The van der Waals surface area contributed by atoms with Gasteiger partial charge in [-0.1, -0.05) is 34.5 Å². The normalized spacial score (nSPS) is 20.5. The molecule has 3 N–H and O–H groups in total. The predicted octanol–water partition coefficient (Wildman–Crippen LogP) is 2.73. The largest absolute Gasteiger partial charge is 0.383 e. The second-order valence-electron chi connectivity index (χ2n) is 7.29. The van der Waals surface area contributed by atoms with Gasteiger partial charge in [0.15, 0.2) is 0 Å². The maximum Gasteiger partial charge on any atom is 0.269 e. The molecule has 0 radical (unpaired) electrons.